The fourth-order valence-electron chi connectivity index (χ4n) is 2.96. The number of nitrogens with zero attached hydrogens (tertiary/aromatic N) is 2. The number of carbonyl (C=O) groups is 2. The fourth-order valence-corrected chi connectivity index (χ4v) is 3.90. The third-order valence-corrected chi connectivity index (χ3v) is 5.64. The van der Waals surface area contributed by atoms with E-state index < -0.39 is 0 Å². The molecule has 1 aliphatic heterocycles. The summed E-state index contributed by atoms with van der Waals surface area (Å²) in [5.41, 5.74) is 3.13. The minimum Gasteiger partial charge on any atom is -0.345 e. The summed E-state index contributed by atoms with van der Waals surface area (Å²) < 4.78 is 1.97. The molecule has 0 aliphatic carbocycles. The van der Waals surface area contributed by atoms with E-state index in [-0.39, 0.29) is 17.1 Å². The topological polar surface area (TPSA) is 76.0 Å². The van der Waals surface area contributed by atoms with Crippen LogP contribution in [0.2, 0.25) is 0 Å². The van der Waals surface area contributed by atoms with E-state index in [2.05, 4.69) is 15.6 Å². The predicted octanol–water partition coefficient (Wildman–Crippen LogP) is 2.94. The van der Waals surface area contributed by atoms with Crippen LogP contribution in [0.4, 0.5) is 5.69 Å². The summed E-state index contributed by atoms with van der Waals surface area (Å²) in [6.45, 7) is 2.19. The summed E-state index contributed by atoms with van der Waals surface area (Å²) in [6, 6.07) is 13.2. The van der Waals surface area contributed by atoms with Gasteiger partial charge in [-0.3, -0.25) is 9.59 Å². The van der Waals surface area contributed by atoms with Crippen molar-refractivity contribution in [2.45, 2.75) is 23.6 Å². The Balaban J connectivity index is 1.51. The highest BCUT2D eigenvalue weighted by Gasteiger charge is 2.23. The van der Waals surface area contributed by atoms with E-state index in [0.717, 1.165) is 21.8 Å². The van der Waals surface area contributed by atoms with Crippen molar-refractivity contribution in [3.63, 3.8) is 0 Å². The van der Waals surface area contributed by atoms with Crippen LogP contribution in [0.3, 0.4) is 0 Å². The van der Waals surface area contributed by atoms with Crippen molar-refractivity contribution in [1.29, 1.82) is 0 Å². The van der Waals surface area contributed by atoms with E-state index >= 15 is 0 Å². The van der Waals surface area contributed by atoms with Gasteiger partial charge in [0, 0.05) is 17.5 Å². The van der Waals surface area contributed by atoms with E-state index in [1.807, 2.05) is 48.9 Å². The average molecular weight is 366 g/mol. The number of fused-ring (bicyclic) bond motifs is 2. The Labute approximate surface area is 155 Å². The summed E-state index contributed by atoms with van der Waals surface area (Å²) in [5.74, 6) is 0.549. The molecule has 2 heterocycles. The van der Waals surface area contributed by atoms with Gasteiger partial charge >= 0.3 is 0 Å². The molecule has 0 radical (unpaired) electrons. The zero-order valence-corrected chi connectivity index (χ0v) is 15.3. The van der Waals surface area contributed by atoms with Gasteiger partial charge in [0.15, 0.2) is 0 Å². The van der Waals surface area contributed by atoms with E-state index in [1.54, 1.807) is 12.1 Å². The van der Waals surface area contributed by atoms with E-state index in [9.17, 15) is 9.59 Å². The van der Waals surface area contributed by atoms with E-state index in [1.165, 1.54) is 11.8 Å². The van der Waals surface area contributed by atoms with Gasteiger partial charge in [0.05, 0.1) is 28.5 Å². The first kappa shape index (κ1) is 16.7. The lowest BCUT2D eigenvalue weighted by atomic mass is 10.1. The molecule has 2 aromatic carbocycles. The number of aryl methyl sites for hydroxylation is 1. The number of hydrogen-bond acceptors (Lipinski definition) is 4. The molecule has 0 fully saturated rings. The number of rotatable bonds is 3. The summed E-state index contributed by atoms with van der Waals surface area (Å²) in [6.07, 6.45) is 0. The Morgan fingerprint density at radius 1 is 1.31 bits per heavy atom. The second-order valence-corrected chi connectivity index (χ2v) is 7.60. The summed E-state index contributed by atoms with van der Waals surface area (Å²) in [5, 5.41) is 5.63. The van der Waals surface area contributed by atoms with Crippen molar-refractivity contribution in [3.8, 4) is 0 Å². The quantitative estimate of drug-likeness (QED) is 0.747. The third kappa shape index (κ3) is 2.94. The molecule has 3 aromatic rings. The zero-order valence-electron chi connectivity index (χ0n) is 14.4. The molecular formula is C19H18N4O2S. The average Bonchev–Trinajstić information content (AvgIpc) is 2.96. The monoisotopic (exact) mass is 366 g/mol. The molecule has 2 amide bonds. The maximum absolute atomic E-state index is 12.5. The lowest BCUT2D eigenvalue weighted by Crippen LogP contribution is -2.28. The third-order valence-electron chi connectivity index (χ3n) is 4.46. The smallest absolute Gasteiger partial charge is 0.251 e. The molecule has 0 bridgehead atoms. The van der Waals surface area contributed by atoms with Gasteiger partial charge in [-0.25, -0.2) is 4.98 Å². The van der Waals surface area contributed by atoms with Crippen molar-refractivity contribution in [2.24, 2.45) is 7.05 Å². The van der Waals surface area contributed by atoms with Gasteiger partial charge in [-0.05, 0) is 37.3 Å². The second-order valence-electron chi connectivity index (χ2n) is 6.22. The number of benzene rings is 2. The molecule has 6 nitrogen and oxygen atoms in total. The highest BCUT2D eigenvalue weighted by atomic mass is 32.2. The lowest BCUT2D eigenvalue weighted by molar-refractivity contribution is -0.115. The summed E-state index contributed by atoms with van der Waals surface area (Å²) in [7, 11) is 1.93. The Morgan fingerprint density at radius 3 is 2.92 bits per heavy atom. The van der Waals surface area contributed by atoms with Crippen LogP contribution in [0.1, 0.15) is 23.1 Å². The minimum atomic E-state index is -0.197. The first-order valence-corrected chi connectivity index (χ1v) is 9.21. The van der Waals surface area contributed by atoms with Gasteiger partial charge < -0.3 is 15.2 Å². The predicted molar refractivity (Wildman–Crippen MR) is 102 cm³/mol. The molecule has 4 rings (SSSR count). The molecule has 1 aromatic heterocycles. The normalized spacial score (nSPS) is 16.2. The van der Waals surface area contributed by atoms with E-state index in [0.29, 0.717) is 17.8 Å². The van der Waals surface area contributed by atoms with Crippen LogP contribution in [0, 0.1) is 0 Å². The maximum Gasteiger partial charge on any atom is 0.251 e. The zero-order chi connectivity index (χ0) is 18.3. The van der Waals surface area contributed by atoms with Crippen molar-refractivity contribution in [3.05, 3.63) is 53.9 Å². The SMILES string of the molecule is CC1Sc2ccc(C(=O)NCc3nc4ccccc4n3C)cc2NC1=O. The highest BCUT2D eigenvalue weighted by Crippen LogP contribution is 2.35. The molecule has 2 N–H and O–H groups in total. The number of nitrogens with one attached hydrogen (secondary N) is 2. The minimum absolute atomic E-state index is 0.0419. The lowest BCUT2D eigenvalue weighted by Gasteiger charge is -2.21. The first-order chi connectivity index (χ1) is 12.5. The Bertz CT molecular complexity index is 1030. The number of para-hydroxylation sites is 2. The van der Waals surface area contributed by atoms with Crippen LogP contribution in [-0.2, 0) is 18.4 Å². The van der Waals surface area contributed by atoms with Gasteiger partial charge in [0.25, 0.3) is 5.91 Å². The van der Waals surface area contributed by atoms with Gasteiger partial charge in [0.1, 0.15) is 5.82 Å². The molecule has 132 valence electrons. The van der Waals surface area contributed by atoms with Gasteiger partial charge in [-0.15, -0.1) is 11.8 Å². The number of imidazole rings is 1. The van der Waals surface area contributed by atoms with Crippen LogP contribution in [-0.4, -0.2) is 26.6 Å². The fraction of sp³-hybridized carbons (Fsp3) is 0.211. The van der Waals surface area contributed by atoms with Gasteiger partial charge in [-0.1, -0.05) is 12.1 Å². The summed E-state index contributed by atoms with van der Waals surface area (Å²) in [4.78, 5) is 29.9. The molecule has 7 heteroatoms. The molecular weight excluding hydrogens is 348 g/mol. The van der Waals surface area contributed by atoms with Crippen molar-refractivity contribution in [2.75, 3.05) is 5.32 Å². The maximum atomic E-state index is 12.5. The molecule has 0 spiro atoms. The number of anilines is 1. The van der Waals surface area contributed by atoms with Crippen LogP contribution in [0.5, 0.6) is 0 Å². The largest absolute Gasteiger partial charge is 0.345 e. The molecule has 0 saturated carbocycles. The van der Waals surface area contributed by atoms with Gasteiger partial charge in [0.2, 0.25) is 5.91 Å². The Hall–Kier alpha value is -2.80. The Kier molecular flexibility index (Phi) is 4.16. The number of amides is 2. The van der Waals surface area contributed by atoms with Crippen LogP contribution in [0.25, 0.3) is 11.0 Å². The van der Waals surface area contributed by atoms with Gasteiger partial charge in [-0.2, -0.15) is 0 Å². The number of aromatic nitrogens is 2. The first-order valence-electron chi connectivity index (χ1n) is 8.33. The molecule has 1 atom stereocenters. The number of hydrogen-bond donors (Lipinski definition) is 2. The highest BCUT2D eigenvalue weighted by molar-refractivity contribution is 8.00. The number of thioether (sulfide) groups is 1. The molecule has 26 heavy (non-hydrogen) atoms. The van der Waals surface area contributed by atoms with Crippen molar-refractivity contribution >= 4 is 40.3 Å². The molecule has 1 unspecified atom stereocenters. The van der Waals surface area contributed by atoms with Crippen LogP contribution >= 0.6 is 11.8 Å². The van der Waals surface area contributed by atoms with Crippen LogP contribution in [0.15, 0.2) is 47.4 Å². The van der Waals surface area contributed by atoms with Crippen molar-refractivity contribution in [1.82, 2.24) is 14.9 Å². The molecule has 0 saturated heterocycles. The molecule has 1 aliphatic rings. The number of carbonyl (C=O) groups excluding carboxylic acids is 2. The Morgan fingerprint density at radius 2 is 2.12 bits per heavy atom. The van der Waals surface area contributed by atoms with Crippen molar-refractivity contribution < 1.29 is 9.59 Å². The standard InChI is InChI=1S/C19H18N4O2S/c1-11-18(24)22-14-9-12(7-8-16(14)26-11)19(25)20-10-17-21-13-5-3-4-6-15(13)23(17)2/h3-9,11H,10H2,1-2H3,(H,20,25)(H,22,24). The van der Waals surface area contributed by atoms with Crippen LogP contribution < -0.4 is 10.6 Å². The summed E-state index contributed by atoms with van der Waals surface area (Å²) >= 11 is 1.50. The second kappa shape index (κ2) is 6.49. The van der Waals surface area contributed by atoms with E-state index in [4.69, 9.17) is 0 Å².